The van der Waals surface area contributed by atoms with Crippen molar-refractivity contribution < 1.29 is 58.7 Å². The largest absolute Gasteiger partial charge is 0.504 e. The van der Waals surface area contributed by atoms with Crippen molar-refractivity contribution in [3.63, 3.8) is 0 Å². The zero-order valence-corrected chi connectivity index (χ0v) is 21.6. The fraction of sp³-hybridized carbons (Fsp3) is 0.538. The van der Waals surface area contributed by atoms with Crippen molar-refractivity contribution in [2.24, 2.45) is 0 Å². The van der Waals surface area contributed by atoms with Crippen molar-refractivity contribution >= 4 is 12.0 Å². The lowest BCUT2D eigenvalue weighted by Crippen LogP contribution is -2.61. The van der Waals surface area contributed by atoms with Gasteiger partial charge in [-0.1, -0.05) is 6.07 Å². The van der Waals surface area contributed by atoms with Crippen LogP contribution in [0.3, 0.4) is 0 Å². The van der Waals surface area contributed by atoms with Gasteiger partial charge in [0.1, 0.15) is 30.5 Å². The second-order valence-corrected chi connectivity index (χ2v) is 8.93. The van der Waals surface area contributed by atoms with E-state index in [1.807, 2.05) is 6.07 Å². The van der Waals surface area contributed by atoms with Gasteiger partial charge in [0.25, 0.3) is 0 Å². The summed E-state index contributed by atoms with van der Waals surface area (Å²) in [6.07, 6.45) is -7.77. The summed E-state index contributed by atoms with van der Waals surface area (Å²) in [6, 6.07) is 6.24. The molecule has 1 aliphatic carbocycles. The van der Waals surface area contributed by atoms with Crippen LogP contribution in [0.4, 0.5) is 0 Å². The number of nitrogens with zero attached hydrogens (tertiary/aromatic N) is 1. The van der Waals surface area contributed by atoms with Crippen LogP contribution in [0.1, 0.15) is 12.0 Å². The third kappa shape index (κ3) is 6.93. The number of ether oxygens (including phenoxy) is 6. The number of aliphatic hydroxyl groups excluding tert-OH is 4. The van der Waals surface area contributed by atoms with E-state index < -0.39 is 67.7 Å². The quantitative estimate of drug-likeness (QED) is 0.148. The monoisotopic (exact) mass is 551 g/mol. The number of carbonyl (C=O) groups excluding carboxylic acids is 1. The first-order valence-electron chi connectivity index (χ1n) is 12.1. The molecule has 39 heavy (non-hydrogen) atoms. The number of aliphatic hydroxyl groups is 4. The Balaban J connectivity index is 1.84. The highest BCUT2D eigenvalue weighted by molar-refractivity contribution is 5.87. The lowest BCUT2D eigenvalue weighted by Gasteiger charge is -2.45. The van der Waals surface area contributed by atoms with Gasteiger partial charge in [0.2, 0.25) is 0 Å². The maximum absolute atomic E-state index is 12.7. The summed E-state index contributed by atoms with van der Waals surface area (Å²) in [4.78, 5) is 12.7. The molecule has 1 aromatic carbocycles. The van der Waals surface area contributed by atoms with Crippen LogP contribution in [0.15, 0.2) is 35.9 Å². The summed E-state index contributed by atoms with van der Waals surface area (Å²) < 4.78 is 32.8. The zero-order chi connectivity index (χ0) is 28.7. The molecule has 0 unspecified atom stereocenters. The summed E-state index contributed by atoms with van der Waals surface area (Å²) >= 11 is 0. The van der Waals surface area contributed by atoms with Crippen LogP contribution < -0.4 is 4.74 Å². The molecule has 1 aromatic rings. The number of methoxy groups -OCH3 is 3. The number of benzene rings is 1. The maximum Gasteiger partial charge on any atom is 0.331 e. The Morgan fingerprint density at radius 2 is 1.90 bits per heavy atom. The van der Waals surface area contributed by atoms with E-state index in [1.165, 1.54) is 45.6 Å². The first-order valence-corrected chi connectivity index (χ1v) is 12.1. The van der Waals surface area contributed by atoms with Crippen LogP contribution in [0.2, 0.25) is 0 Å². The Labute approximate surface area is 225 Å². The molecule has 0 bridgehead atoms. The topological polar surface area (TPSA) is 197 Å². The number of hydrogen-bond donors (Lipinski definition) is 5. The van der Waals surface area contributed by atoms with Crippen molar-refractivity contribution in [1.29, 1.82) is 5.26 Å². The molecule has 5 N–H and O–H groups in total. The number of aromatic hydroxyl groups is 1. The number of carbonyl (C=O) groups is 1. The van der Waals surface area contributed by atoms with Crippen LogP contribution in [0.5, 0.6) is 11.5 Å². The molecular weight excluding hydrogens is 518 g/mol. The molecule has 0 spiro atoms. The summed E-state index contributed by atoms with van der Waals surface area (Å²) in [6.45, 7) is -0.679. The van der Waals surface area contributed by atoms with E-state index in [9.17, 15) is 35.6 Å². The van der Waals surface area contributed by atoms with E-state index in [-0.39, 0.29) is 23.5 Å². The lowest BCUT2D eigenvalue weighted by molar-refractivity contribution is -0.314. The summed E-state index contributed by atoms with van der Waals surface area (Å²) in [5.74, 6) is -0.824. The van der Waals surface area contributed by atoms with Gasteiger partial charge in [-0.05, 0) is 23.8 Å². The van der Waals surface area contributed by atoms with Crippen LogP contribution in [-0.4, -0.2) is 115 Å². The number of allylic oxidation sites excluding steroid dienone is 1. The summed E-state index contributed by atoms with van der Waals surface area (Å²) in [7, 11) is 4.18. The van der Waals surface area contributed by atoms with E-state index in [4.69, 9.17) is 28.4 Å². The SMILES string of the molecule is COc1cc(/C=C\C(=O)O[C@H]2[C@H](O[C@@H]3C[C@H](OC)[C@H](OC)[C@@H](O)/C3=C/C#N)O[C@H](CO)[C@@H](O)[C@@H]2O)ccc1O. The predicted octanol–water partition coefficient (Wildman–Crippen LogP) is -0.605. The molecule has 13 nitrogen and oxygen atoms in total. The Kier molecular flexibility index (Phi) is 10.8. The molecule has 9 atom stereocenters. The molecule has 0 aromatic heterocycles. The van der Waals surface area contributed by atoms with Crippen molar-refractivity contribution in [2.75, 3.05) is 27.9 Å². The maximum atomic E-state index is 12.7. The van der Waals surface area contributed by atoms with Gasteiger partial charge in [0, 0.05) is 38.4 Å². The molecule has 13 heteroatoms. The summed E-state index contributed by atoms with van der Waals surface area (Å²) in [5.41, 5.74) is 0.643. The van der Waals surface area contributed by atoms with Gasteiger partial charge < -0.3 is 54.0 Å². The van der Waals surface area contributed by atoms with Gasteiger partial charge >= 0.3 is 5.97 Å². The molecule has 1 saturated heterocycles. The Bertz CT molecular complexity index is 1090. The molecule has 3 rings (SSSR count). The van der Waals surface area contributed by atoms with E-state index in [2.05, 4.69) is 0 Å². The highest BCUT2D eigenvalue weighted by atomic mass is 16.7. The third-order valence-electron chi connectivity index (χ3n) is 6.63. The number of hydrogen-bond acceptors (Lipinski definition) is 13. The molecular formula is C26H33NO12. The second-order valence-electron chi connectivity index (χ2n) is 8.93. The molecule has 1 heterocycles. The van der Waals surface area contributed by atoms with Crippen LogP contribution in [0.25, 0.3) is 6.08 Å². The fourth-order valence-corrected chi connectivity index (χ4v) is 4.55. The average Bonchev–Trinajstić information content (AvgIpc) is 2.93. The first kappa shape index (κ1) is 30.5. The van der Waals surface area contributed by atoms with E-state index in [0.29, 0.717) is 5.56 Å². The van der Waals surface area contributed by atoms with Crippen molar-refractivity contribution in [3.05, 3.63) is 41.5 Å². The first-order chi connectivity index (χ1) is 18.7. The van der Waals surface area contributed by atoms with Gasteiger partial charge in [-0.3, -0.25) is 0 Å². The normalized spacial score (nSPS) is 34.1. The predicted molar refractivity (Wildman–Crippen MR) is 132 cm³/mol. The average molecular weight is 552 g/mol. The van der Waals surface area contributed by atoms with Gasteiger partial charge in [0.15, 0.2) is 23.9 Å². The standard InChI is InChI=1S/C26H33NO12/c1-34-17-10-13(4-6-15(17)29)5-7-20(30)39-25-23(33)22(32)19(12-28)38-26(25)37-16-11-18(35-2)24(36-3)21(31)14(16)8-9-27/h4-8,10,16,18-19,21-26,28-29,31-33H,11-12H2,1-3H3/b7-5-,14-8+/t16-,18+,19-,21+,22-,23+,24+,25-,26-/m1/s1. The van der Waals surface area contributed by atoms with Gasteiger partial charge in [-0.15, -0.1) is 0 Å². The lowest BCUT2D eigenvalue weighted by atomic mass is 9.84. The smallest absolute Gasteiger partial charge is 0.331 e. The van der Waals surface area contributed by atoms with Crippen molar-refractivity contribution in [3.8, 4) is 17.6 Å². The summed E-state index contributed by atoms with van der Waals surface area (Å²) in [5, 5.41) is 60.6. The number of esters is 1. The Morgan fingerprint density at radius 3 is 2.51 bits per heavy atom. The molecule has 1 aliphatic heterocycles. The highest BCUT2D eigenvalue weighted by Crippen LogP contribution is 2.34. The van der Waals surface area contributed by atoms with Gasteiger partial charge in [0.05, 0.1) is 32.0 Å². The van der Waals surface area contributed by atoms with Crippen molar-refractivity contribution in [1.82, 2.24) is 0 Å². The minimum absolute atomic E-state index is 0.0858. The number of nitriles is 1. The van der Waals surface area contributed by atoms with Crippen LogP contribution in [-0.2, 0) is 28.5 Å². The second kappa shape index (κ2) is 13.8. The minimum Gasteiger partial charge on any atom is -0.504 e. The van der Waals surface area contributed by atoms with Crippen LogP contribution >= 0.6 is 0 Å². The zero-order valence-electron chi connectivity index (χ0n) is 21.6. The van der Waals surface area contributed by atoms with Gasteiger partial charge in [-0.2, -0.15) is 5.26 Å². The van der Waals surface area contributed by atoms with Gasteiger partial charge in [-0.25, -0.2) is 4.79 Å². The van der Waals surface area contributed by atoms with E-state index in [1.54, 1.807) is 0 Å². The molecule has 2 aliphatic rings. The van der Waals surface area contributed by atoms with E-state index in [0.717, 1.165) is 12.2 Å². The third-order valence-corrected chi connectivity index (χ3v) is 6.63. The van der Waals surface area contributed by atoms with Crippen LogP contribution in [0, 0.1) is 11.3 Å². The minimum atomic E-state index is -1.71. The molecule has 2 fully saturated rings. The van der Waals surface area contributed by atoms with Crippen molar-refractivity contribution in [2.45, 2.75) is 61.5 Å². The number of rotatable bonds is 9. The number of phenols is 1. The molecule has 214 valence electrons. The molecule has 0 radical (unpaired) electrons. The number of phenolic OH excluding ortho intramolecular Hbond substituents is 1. The molecule has 1 saturated carbocycles. The highest BCUT2D eigenvalue weighted by Gasteiger charge is 2.50. The molecule has 0 amide bonds. The Morgan fingerprint density at radius 1 is 1.15 bits per heavy atom. The Hall–Kier alpha value is -3.06. The fourth-order valence-electron chi connectivity index (χ4n) is 4.55. The van der Waals surface area contributed by atoms with E-state index >= 15 is 0 Å².